The lowest BCUT2D eigenvalue weighted by atomic mass is 10.2. The summed E-state index contributed by atoms with van der Waals surface area (Å²) in [7, 11) is -3.38. The van der Waals surface area contributed by atoms with E-state index < -0.39 is 27.9 Å². The summed E-state index contributed by atoms with van der Waals surface area (Å²) in [6, 6.07) is 4.75. The van der Waals surface area contributed by atoms with Gasteiger partial charge in [-0.2, -0.15) is 0 Å². The number of carbonyl (C=O) groups is 2. The highest BCUT2D eigenvalue weighted by Crippen LogP contribution is 2.12. The zero-order chi connectivity index (χ0) is 16.0. The summed E-state index contributed by atoms with van der Waals surface area (Å²) in [6.07, 6.45) is 0.503. The van der Waals surface area contributed by atoms with Crippen molar-refractivity contribution in [1.82, 2.24) is 5.32 Å². The number of carbonyl (C=O) groups excluding carboxylic acids is 1. The molecule has 1 atom stereocenters. The van der Waals surface area contributed by atoms with Gasteiger partial charge < -0.3 is 10.4 Å². The summed E-state index contributed by atoms with van der Waals surface area (Å²) in [5.74, 6) is -1.65. The number of hydrogen-bond acceptors (Lipinski definition) is 4. The zero-order valence-electron chi connectivity index (χ0n) is 11.8. The van der Waals surface area contributed by atoms with Crippen molar-refractivity contribution in [2.24, 2.45) is 0 Å². The molecule has 0 aliphatic carbocycles. The van der Waals surface area contributed by atoms with Crippen molar-refractivity contribution in [1.29, 1.82) is 0 Å². The van der Waals surface area contributed by atoms with Gasteiger partial charge in [0.05, 0.1) is 5.75 Å². The van der Waals surface area contributed by atoms with E-state index in [-0.39, 0.29) is 11.3 Å². The van der Waals surface area contributed by atoms with Crippen LogP contribution >= 0.6 is 0 Å². The monoisotopic (exact) mass is 314 g/mol. The Balaban J connectivity index is 2.74. The smallest absolute Gasteiger partial charge is 0.325 e. The molecular formula is C13H18N2O5S. The first-order valence-corrected chi connectivity index (χ1v) is 8.04. The first-order chi connectivity index (χ1) is 9.75. The molecule has 0 heterocycles. The molecule has 21 heavy (non-hydrogen) atoms. The Bertz CT molecular complexity index is 610. The van der Waals surface area contributed by atoms with Gasteiger partial charge in [0.25, 0.3) is 5.91 Å². The number of sulfonamides is 1. The average Bonchev–Trinajstić information content (AvgIpc) is 2.38. The molecule has 0 aliphatic rings. The fourth-order valence-corrected chi connectivity index (χ4v) is 2.67. The van der Waals surface area contributed by atoms with E-state index in [0.717, 1.165) is 0 Å². The standard InChI is InChI=1S/C13H18N2O5S/c1-3-8-21(19,20)15-11-6-4-10(5-7-11)12(16)14-9(2)13(17)18/h4-7,9,15H,3,8H2,1-2H3,(H,14,16)(H,17,18)/t9-/m1/s1. The van der Waals surface area contributed by atoms with Gasteiger partial charge in [-0.15, -0.1) is 0 Å². The number of amides is 1. The fourth-order valence-electron chi connectivity index (χ4n) is 1.53. The van der Waals surface area contributed by atoms with Crippen LogP contribution in [0.15, 0.2) is 24.3 Å². The maximum Gasteiger partial charge on any atom is 0.325 e. The second-order valence-corrected chi connectivity index (χ2v) is 6.37. The third-order valence-corrected chi connectivity index (χ3v) is 4.10. The molecule has 0 fully saturated rings. The van der Waals surface area contributed by atoms with Gasteiger partial charge in [0.2, 0.25) is 10.0 Å². The minimum Gasteiger partial charge on any atom is -0.480 e. The van der Waals surface area contributed by atoms with Crippen LogP contribution in [0.2, 0.25) is 0 Å². The lowest BCUT2D eigenvalue weighted by Crippen LogP contribution is -2.38. The van der Waals surface area contributed by atoms with Gasteiger partial charge in [-0.3, -0.25) is 14.3 Å². The highest BCUT2D eigenvalue weighted by atomic mass is 32.2. The SMILES string of the molecule is CCCS(=O)(=O)Nc1ccc(C(=O)N[C@H](C)C(=O)O)cc1. The van der Waals surface area contributed by atoms with Crippen LogP contribution in [0.3, 0.4) is 0 Å². The van der Waals surface area contributed by atoms with Crippen LogP contribution in [0.1, 0.15) is 30.6 Å². The van der Waals surface area contributed by atoms with Crippen LogP contribution in [-0.4, -0.2) is 37.2 Å². The van der Waals surface area contributed by atoms with E-state index in [1.807, 2.05) is 0 Å². The molecule has 1 aromatic rings. The van der Waals surface area contributed by atoms with E-state index in [1.54, 1.807) is 6.92 Å². The Hall–Kier alpha value is -2.09. The van der Waals surface area contributed by atoms with E-state index in [0.29, 0.717) is 12.1 Å². The van der Waals surface area contributed by atoms with Crippen LogP contribution in [-0.2, 0) is 14.8 Å². The van der Waals surface area contributed by atoms with Gasteiger partial charge in [-0.25, -0.2) is 8.42 Å². The summed E-state index contributed by atoms with van der Waals surface area (Å²) >= 11 is 0. The number of carboxylic acids is 1. The van der Waals surface area contributed by atoms with Crippen LogP contribution < -0.4 is 10.0 Å². The number of nitrogens with one attached hydrogen (secondary N) is 2. The third kappa shape index (κ3) is 5.42. The van der Waals surface area contributed by atoms with Crippen molar-refractivity contribution in [3.63, 3.8) is 0 Å². The summed E-state index contributed by atoms with van der Waals surface area (Å²) in [4.78, 5) is 22.4. The van der Waals surface area contributed by atoms with Gasteiger partial charge in [-0.05, 0) is 37.6 Å². The van der Waals surface area contributed by atoms with Gasteiger partial charge >= 0.3 is 5.97 Å². The Kier molecular flexibility index (Phi) is 5.71. The Morgan fingerprint density at radius 1 is 1.24 bits per heavy atom. The van der Waals surface area contributed by atoms with Crippen molar-refractivity contribution in [3.8, 4) is 0 Å². The lowest BCUT2D eigenvalue weighted by Gasteiger charge is -2.10. The molecule has 0 aromatic heterocycles. The van der Waals surface area contributed by atoms with E-state index in [2.05, 4.69) is 10.0 Å². The molecule has 1 aromatic carbocycles. The molecule has 1 rings (SSSR count). The van der Waals surface area contributed by atoms with Gasteiger partial charge in [-0.1, -0.05) is 6.92 Å². The lowest BCUT2D eigenvalue weighted by molar-refractivity contribution is -0.138. The summed E-state index contributed by atoms with van der Waals surface area (Å²) in [5.41, 5.74) is 0.604. The van der Waals surface area contributed by atoms with Gasteiger partial charge in [0.15, 0.2) is 0 Å². The van der Waals surface area contributed by atoms with Crippen molar-refractivity contribution in [3.05, 3.63) is 29.8 Å². The number of benzene rings is 1. The maximum atomic E-state index is 11.7. The molecule has 0 aliphatic heterocycles. The molecule has 8 heteroatoms. The molecule has 116 valence electrons. The minimum atomic E-state index is -3.38. The summed E-state index contributed by atoms with van der Waals surface area (Å²) in [6.45, 7) is 3.11. The average molecular weight is 314 g/mol. The molecule has 0 saturated carbocycles. The molecule has 0 bridgehead atoms. The van der Waals surface area contributed by atoms with E-state index in [9.17, 15) is 18.0 Å². The number of rotatable bonds is 7. The largest absolute Gasteiger partial charge is 0.480 e. The third-order valence-electron chi connectivity index (χ3n) is 2.61. The first-order valence-electron chi connectivity index (χ1n) is 6.39. The second-order valence-electron chi connectivity index (χ2n) is 4.53. The molecule has 0 unspecified atom stereocenters. The van der Waals surface area contributed by atoms with Crippen molar-refractivity contribution >= 4 is 27.6 Å². The highest BCUT2D eigenvalue weighted by molar-refractivity contribution is 7.92. The first kappa shape index (κ1) is 17.0. The fraction of sp³-hybridized carbons (Fsp3) is 0.385. The van der Waals surface area contributed by atoms with Crippen molar-refractivity contribution < 1.29 is 23.1 Å². The quantitative estimate of drug-likeness (QED) is 0.696. The molecular weight excluding hydrogens is 296 g/mol. The predicted molar refractivity (Wildman–Crippen MR) is 78.7 cm³/mol. The number of aliphatic carboxylic acids is 1. The summed E-state index contributed by atoms with van der Waals surface area (Å²) in [5, 5.41) is 11.0. The Morgan fingerprint density at radius 3 is 2.29 bits per heavy atom. The highest BCUT2D eigenvalue weighted by Gasteiger charge is 2.15. The molecule has 3 N–H and O–H groups in total. The number of anilines is 1. The molecule has 0 saturated heterocycles. The Labute approximate surface area is 123 Å². The molecule has 0 radical (unpaired) electrons. The van der Waals surface area contributed by atoms with Crippen LogP contribution in [0.25, 0.3) is 0 Å². The van der Waals surface area contributed by atoms with Crippen molar-refractivity contribution in [2.75, 3.05) is 10.5 Å². The number of carboxylic acid groups (broad SMARTS) is 1. The van der Waals surface area contributed by atoms with Crippen LogP contribution in [0.4, 0.5) is 5.69 Å². The minimum absolute atomic E-state index is 0.0192. The van der Waals surface area contributed by atoms with Crippen LogP contribution in [0.5, 0.6) is 0 Å². The topological polar surface area (TPSA) is 113 Å². The maximum absolute atomic E-state index is 11.7. The van der Waals surface area contributed by atoms with E-state index >= 15 is 0 Å². The molecule has 1 amide bonds. The number of hydrogen-bond donors (Lipinski definition) is 3. The second kappa shape index (κ2) is 7.07. The zero-order valence-corrected chi connectivity index (χ0v) is 12.6. The van der Waals surface area contributed by atoms with E-state index in [4.69, 9.17) is 5.11 Å². The van der Waals surface area contributed by atoms with Crippen LogP contribution in [0, 0.1) is 0 Å². The van der Waals surface area contributed by atoms with Gasteiger partial charge in [0.1, 0.15) is 6.04 Å². The summed E-state index contributed by atoms with van der Waals surface area (Å²) < 4.78 is 25.6. The normalized spacial score (nSPS) is 12.5. The van der Waals surface area contributed by atoms with E-state index in [1.165, 1.54) is 31.2 Å². The molecule has 7 nitrogen and oxygen atoms in total. The predicted octanol–water partition coefficient (Wildman–Crippen LogP) is 1.04. The molecule has 0 spiro atoms. The van der Waals surface area contributed by atoms with Crippen molar-refractivity contribution in [2.45, 2.75) is 26.3 Å². The Morgan fingerprint density at radius 2 is 1.81 bits per heavy atom. The van der Waals surface area contributed by atoms with Gasteiger partial charge in [0, 0.05) is 11.3 Å².